The van der Waals surface area contributed by atoms with Crippen LogP contribution < -0.4 is 4.31 Å². The molecular weight excluding hydrogens is 470 g/mol. The van der Waals surface area contributed by atoms with Gasteiger partial charge in [-0.05, 0) is 55.2 Å². The van der Waals surface area contributed by atoms with E-state index in [1.807, 2.05) is 38.1 Å². The van der Waals surface area contributed by atoms with Crippen molar-refractivity contribution in [2.24, 2.45) is 0 Å². The van der Waals surface area contributed by atoms with Crippen LogP contribution in [0.5, 0.6) is 0 Å². The molecule has 3 aromatic carbocycles. The van der Waals surface area contributed by atoms with E-state index in [1.54, 1.807) is 17.9 Å². The van der Waals surface area contributed by atoms with Crippen LogP contribution in [0, 0.1) is 13.8 Å². The monoisotopic (exact) mass is 505 g/mol. The number of nitrogens with zero attached hydrogens (tertiary/aromatic N) is 3. The molecule has 0 N–H and O–H groups in total. The van der Waals surface area contributed by atoms with Crippen LogP contribution in [-0.4, -0.2) is 62.6 Å². The lowest BCUT2D eigenvalue weighted by atomic mass is 9.96. The number of carbonyl (C=O) groups is 1. The van der Waals surface area contributed by atoms with Gasteiger partial charge in [-0.2, -0.15) is 0 Å². The van der Waals surface area contributed by atoms with Crippen LogP contribution in [0.1, 0.15) is 35.2 Å². The Morgan fingerprint density at radius 3 is 1.81 bits per heavy atom. The number of aryl methyl sites for hydroxylation is 2. The maximum atomic E-state index is 13.5. The highest BCUT2D eigenvalue weighted by molar-refractivity contribution is 7.92. The topological polar surface area (TPSA) is 60.9 Å². The molecule has 1 aliphatic rings. The first-order chi connectivity index (χ1) is 17.2. The number of anilines is 1. The third-order valence-electron chi connectivity index (χ3n) is 7.03. The lowest BCUT2D eigenvalue weighted by Gasteiger charge is -2.41. The van der Waals surface area contributed by atoms with Crippen molar-refractivity contribution in [3.05, 3.63) is 101 Å². The number of benzene rings is 3. The summed E-state index contributed by atoms with van der Waals surface area (Å²) in [5.41, 5.74) is 5.02. The van der Waals surface area contributed by atoms with E-state index in [1.165, 1.54) is 15.4 Å². The molecule has 1 saturated heterocycles. The van der Waals surface area contributed by atoms with E-state index in [0.717, 1.165) is 17.4 Å². The van der Waals surface area contributed by atoms with Gasteiger partial charge in [-0.15, -0.1) is 0 Å². The molecule has 7 heteroatoms. The summed E-state index contributed by atoms with van der Waals surface area (Å²) in [4.78, 5) is 17.7. The molecule has 1 unspecified atom stereocenters. The zero-order valence-electron chi connectivity index (χ0n) is 21.5. The Morgan fingerprint density at radius 1 is 0.806 bits per heavy atom. The van der Waals surface area contributed by atoms with E-state index in [2.05, 4.69) is 53.4 Å². The molecule has 1 amide bonds. The minimum Gasteiger partial charge on any atom is -0.338 e. The van der Waals surface area contributed by atoms with E-state index in [0.29, 0.717) is 31.9 Å². The molecule has 0 bridgehead atoms. The van der Waals surface area contributed by atoms with Crippen LogP contribution in [-0.2, 0) is 14.8 Å². The third kappa shape index (κ3) is 5.63. The van der Waals surface area contributed by atoms with Crippen molar-refractivity contribution in [3.8, 4) is 0 Å². The summed E-state index contributed by atoms with van der Waals surface area (Å²) in [7, 11) is -3.65. The predicted octanol–water partition coefficient (Wildman–Crippen LogP) is 4.39. The highest BCUT2D eigenvalue weighted by Gasteiger charge is 2.35. The SMILES string of the molecule is Cc1ccc(N(C(C)C(=O)N2CCN(C(c3ccccc3)c3ccccc3)CC2)S(C)(=O)=O)cc1C. The summed E-state index contributed by atoms with van der Waals surface area (Å²) in [5.74, 6) is -0.172. The second-order valence-electron chi connectivity index (χ2n) is 9.59. The molecule has 0 aliphatic carbocycles. The molecule has 3 aromatic rings. The van der Waals surface area contributed by atoms with Gasteiger partial charge >= 0.3 is 0 Å². The molecule has 0 spiro atoms. The number of amides is 1. The van der Waals surface area contributed by atoms with Gasteiger partial charge in [0.05, 0.1) is 18.0 Å². The predicted molar refractivity (Wildman–Crippen MR) is 146 cm³/mol. The Bertz CT molecular complexity index is 1250. The van der Waals surface area contributed by atoms with Crippen molar-refractivity contribution in [3.63, 3.8) is 0 Å². The van der Waals surface area contributed by atoms with Crippen LogP contribution in [0.2, 0.25) is 0 Å². The summed E-state index contributed by atoms with van der Waals surface area (Å²) in [5, 5.41) is 0. The van der Waals surface area contributed by atoms with Gasteiger partial charge in [-0.25, -0.2) is 8.42 Å². The fourth-order valence-corrected chi connectivity index (χ4v) is 6.18. The Kier molecular flexibility index (Phi) is 7.81. The van der Waals surface area contributed by atoms with E-state index in [-0.39, 0.29) is 11.9 Å². The molecule has 1 fully saturated rings. The lowest BCUT2D eigenvalue weighted by molar-refractivity contribution is -0.134. The van der Waals surface area contributed by atoms with E-state index < -0.39 is 16.1 Å². The minimum atomic E-state index is -3.65. The summed E-state index contributed by atoms with van der Waals surface area (Å²) >= 11 is 0. The van der Waals surface area contributed by atoms with Crippen LogP contribution in [0.3, 0.4) is 0 Å². The van der Waals surface area contributed by atoms with Crippen LogP contribution >= 0.6 is 0 Å². The normalized spacial score (nSPS) is 15.6. The van der Waals surface area contributed by atoms with Crippen molar-refractivity contribution in [2.45, 2.75) is 32.9 Å². The summed E-state index contributed by atoms with van der Waals surface area (Å²) < 4.78 is 26.8. The van der Waals surface area contributed by atoms with Gasteiger partial charge in [-0.1, -0.05) is 66.7 Å². The van der Waals surface area contributed by atoms with Crippen molar-refractivity contribution in [1.82, 2.24) is 9.80 Å². The number of sulfonamides is 1. The highest BCUT2D eigenvalue weighted by atomic mass is 32.2. The summed E-state index contributed by atoms with van der Waals surface area (Å²) in [6.45, 7) is 8.11. The second kappa shape index (κ2) is 10.8. The first kappa shape index (κ1) is 25.9. The highest BCUT2D eigenvalue weighted by Crippen LogP contribution is 2.30. The molecule has 1 heterocycles. The molecule has 1 atom stereocenters. The van der Waals surface area contributed by atoms with Gasteiger partial charge in [0.25, 0.3) is 0 Å². The lowest BCUT2D eigenvalue weighted by Crippen LogP contribution is -2.55. The number of hydrogen-bond donors (Lipinski definition) is 0. The molecular formula is C29H35N3O3S. The second-order valence-corrected chi connectivity index (χ2v) is 11.4. The Hall–Kier alpha value is -3.16. The van der Waals surface area contributed by atoms with Crippen LogP contribution in [0.25, 0.3) is 0 Å². The first-order valence-corrected chi connectivity index (χ1v) is 14.2. The Morgan fingerprint density at radius 2 is 1.33 bits per heavy atom. The maximum Gasteiger partial charge on any atom is 0.246 e. The molecule has 0 saturated carbocycles. The zero-order chi connectivity index (χ0) is 25.9. The largest absolute Gasteiger partial charge is 0.338 e. The van der Waals surface area contributed by atoms with Gasteiger partial charge in [0.1, 0.15) is 6.04 Å². The summed E-state index contributed by atoms with van der Waals surface area (Å²) in [6.07, 6.45) is 1.16. The molecule has 190 valence electrons. The van der Waals surface area contributed by atoms with E-state index >= 15 is 0 Å². The number of rotatable bonds is 7. The molecule has 0 radical (unpaired) electrons. The van der Waals surface area contributed by atoms with Crippen molar-refractivity contribution >= 4 is 21.6 Å². The number of hydrogen-bond acceptors (Lipinski definition) is 4. The third-order valence-corrected chi connectivity index (χ3v) is 8.27. The number of carbonyl (C=O) groups excluding carboxylic acids is 1. The molecule has 6 nitrogen and oxygen atoms in total. The fraction of sp³-hybridized carbons (Fsp3) is 0.345. The molecule has 36 heavy (non-hydrogen) atoms. The maximum absolute atomic E-state index is 13.5. The smallest absolute Gasteiger partial charge is 0.246 e. The zero-order valence-corrected chi connectivity index (χ0v) is 22.3. The fourth-order valence-electron chi connectivity index (χ4n) is 5.01. The average molecular weight is 506 g/mol. The van der Waals surface area contributed by atoms with Crippen molar-refractivity contribution in [2.75, 3.05) is 36.7 Å². The van der Waals surface area contributed by atoms with Crippen LogP contribution in [0.15, 0.2) is 78.9 Å². The van der Waals surface area contributed by atoms with Crippen molar-refractivity contribution in [1.29, 1.82) is 0 Å². The standard InChI is InChI=1S/C29H35N3O3S/c1-22-15-16-27(21-23(22)2)32(36(4,34)35)24(3)29(33)31-19-17-30(18-20-31)28(25-11-7-5-8-12-25)26-13-9-6-10-14-26/h5-16,21,24,28H,17-20H2,1-4H3. The van der Waals surface area contributed by atoms with E-state index in [4.69, 9.17) is 0 Å². The number of piperazine rings is 1. The van der Waals surface area contributed by atoms with Crippen molar-refractivity contribution < 1.29 is 13.2 Å². The minimum absolute atomic E-state index is 0.102. The van der Waals surface area contributed by atoms with Gasteiger partial charge in [0.15, 0.2) is 0 Å². The first-order valence-electron chi connectivity index (χ1n) is 12.4. The van der Waals surface area contributed by atoms with Gasteiger partial charge in [0.2, 0.25) is 15.9 Å². The quantitative estimate of drug-likeness (QED) is 0.478. The van der Waals surface area contributed by atoms with Gasteiger partial charge in [0, 0.05) is 26.2 Å². The van der Waals surface area contributed by atoms with E-state index in [9.17, 15) is 13.2 Å². The Labute approximate surface area is 215 Å². The van der Waals surface area contributed by atoms with Gasteiger partial charge in [-0.3, -0.25) is 14.0 Å². The van der Waals surface area contributed by atoms with Gasteiger partial charge < -0.3 is 4.90 Å². The van der Waals surface area contributed by atoms with Crippen LogP contribution in [0.4, 0.5) is 5.69 Å². The molecule has 4 rings (SSSR count). The average Bonchev–Trinajstić information content (AvgIpc) is 2.87. The summed E-state index contributed by atoms with van der Waals surface area (Å²) in [6, 6.07) is 25.6. The molecule has 0 aromatic heterocycles. The molecule has 1 aliphatic heterocycles. The Balaban J connectivity index is 1.52.